The van der Waals surface area contributed by atoms with Gasteiger partial charge in [0.1, 0.15) is 5.82 Å². The van der Waals surface area contributed by atoms with Crippen molar-refractivity contribution in [3.05, 3.63) is 35.6 Å². The van der Waals surface area contributed by atoms with Crippen molar-refractivity contribution in [1.82, 2.24) is 14.7 Å². The molecule has 0 saturated carbocycles. The second kappa shape index (κ2) is 8.94. The van der Waals surface area contributed by atoms with Crippen LogP contribution in [0, 0.1) is 5.82 Å². The number of nitrogens with zero attached hydrogens (tertiary/aromatic N) is 3. The highest BCUT2D eigenvalue weighted by Gasteiger charge is 2.26. The minimum Gasteiger partial charge on any atom is -0.349 e. The van der Waals surface area contributed by atoms with Crippen LogP contribution < -0.4 is 0 Å². The van der Waals surface area contributed by atoms with Crippen molar-refractivity contribution < 1.29 is 14.0 Å². The summed E-state index contributed by atoms with van der Waals surface area (Å²) in [7, 11) is 5.19. The van der Waals surface area contributed by atoms with E-state index in [1.165, 1.54) is 11.0 Å². The summed E-state index contributed by atoms with van der Waals surface area (Å²) in [6.45, 7) is 2.20. The summed E-state index contributed by atoms with van der Waals surface area (Å²) >= 11 is 0. The molecule has 0 radical (unpaired) electrons. The molecule has 0 bridgehead atoms. The first kappa shape index (κ1) is 19.4. The maximum absolute atomic E-state index is 13.8. The minimum absolute atomic E-state index is 0.00654. The van der Waals surface area contributed by atoms with E-state index in [2.05, 4.69) is 4.90 Å². The fourth-order valence-electron chi connectivity index (χ4n) is 3.18. The number of hydrogen-bond donors (Lipinski definition) is 0. The molecule has 1 aromatic carbocycles. The standard InChI is InChI=1S/C19H28FN3O2/c1-21(2)18(24)10-11-19(25)22(3)16-8-6-12-23(14-16)13-15-7-4-5-9-17(15)20/h4-5,7,9,16H,6,8,10-14H2,1-3H3/t16-/m1/s1. The predicted molar refractivity (Wildman–Crippen MR) is 95.4 cm³/mol. The molecule has 0 unspecified atom stereocenters. The molecule has 2 rings (SSSR count). The predicted octanol–water partition coefficient (Wildman–Crippen LogP) is 2.12. The van der Waals surface area contributed by atoms with Crippen molar-refractivity contribution in [3.63, 3.8) is 0 Å². The molecule has 25 heavy (non-hydrogen) atoms. The lowest BCUT2D eigenvalue weighted by molar-refractivity contribution is -0.137. The van der Waals surface area contributed by atoms with Gasteiger partial charge in [0.15, 0.2) is 0 Å². The lowest BCUT2D eigenvalue weighted by Crippen LogP contribution is -2.48. The topological polar surface area (TPSA) is 43.9 Å². The lowest BCUT2D eigenvalue weighted by Gasteiger charge is -2.37. The molecule has 0 aliphatic carbocycles. The molecule has 138 valence electrons. The van der Waals surface area contributed by atoms with Crippen molar-refractivity contribution in [2.45, 2.75) is 38.3 Å². The van der Waals surface area contributed by atoms with Gasteiger partial charge >= 0.3 is 0 Å². The molecular weight excluding hydrogens is 321 g/mol. The molecule has 1 aliphatic heterocycles. The second-order valence-electron chi connectivity index (χ2n) is 6.92. The smallest absolute Gasteiger partial charge is 0.223 e. The maximum Gasteiger partial charge on any atom is 0.223 e. The monoisotopic (exact) mass is 349 g/mol. The van der Waals surface area contributed by atoms with Crippen molar-refractivity contribution >= 4 is 11.8 Å². The summed E-state index contributed by atoms with van der Waals surface area (Å²) in [5.41, 5.74) is 0.689. The molecule has 0 N–H and O–H groups in total. The van der Waals surface area contributed by atoms with Gasteiger partial charge in [-0.2, -0.15) is 0 Å². The van der Waals surface area contributed by atoms with Crippen LogP contribution in [0.5, 0.6) is 0 Å². The third-order valence-corrected chi connectivity index (χ3v) is 4.83. The van der Waals surface area contributed by atoms with Crippen LogP contribution >= 0.6 is 0 Å². The second-order valence-corrected chi connectivity index (χ2v) is 6.92. The van der Waals surface area contributed by atoms with Gasteiger partial charge in [-0.3, -0.25) is 14.5 Å². The first-order chi connectivity index (χ1) is 11.9. The Labute approximate surface area is 149 Å². The highest BCUT2D eigenvalue weighted by molar-refractivity contribution is 5.83. The van der Waals surface area contributed by atoms with Gasteiger partial charge in [-0.15, -0.1) is 0 Å². The summed E-state index contributed by atoms with van der Waals surface area (Å²) in [6, 6.07) is 6.94. The SMILES string of the molecule is CN(C)C(=O)CCC(=O)N(C)[C@@H]1CCCN(Cc2ccccc2F)C1. The number of likely N-dealkylation sites (N-methyl/N-ethyl adjacent to an activating group) is 1. The number of hydrogen-bond acceptors (Lipinski definition) is 3. The Morgan fingerprint density at radius 2 is 1.84 bits per heavy atom. The molecular formula is C19H28FN3O2. The van der Waals surface area contributed by atoms with E-state index in [1.54, 1.807) is 38.2 Å². The molecule has 1 atom stereocenters. The van der Waals surface area contributed by atoms with Crippen LogP contribution in [0.4, 0.5) is 4.39 Å². The average Bonchev–Trinajstić information content (AvgIpc) is 2.60. The van der Waals surface area contributed by atoms with Gasteiger partial charge in [0, 0.05) is 58.7 Å². The molecule has 5 nitrogen and oxygen atoms in total. The van der Waals surface area contributed by atoms with Crippen molar-refractivity contribution in [1.29, 1.82) is 0 Å². The van der Waals surface area contributed by atoms with E-state index in [-0.39, 0.29) is 36.5 Å². The van der Waals surface area contributed by atoms with Gasteiger partial charge in [-0.25, -0.2) is 4.39 Å². The minimum atomic E-state index is -0.184. The zero-order valence-corrected chi connectivity index (χ0v) is 15.4. The first-order valence-corrected chi connectivity index (χ1v) is 8.80. The summed E-state index contributed by atoms with van der Waals surface area (Å²) in [6.07, 6.45) is 2.39. The van der Waals surface area contributed by atoms with Crippen LogP contribution in [0.25, 0.3) is 0 Å². The average molecular weight is 349 g/mol. The summed E-state index contributed by atoms with van der Waals surface area (Å²) in [4.78, 5) is 29.5. The fraction of sp³-hybridized carbons (Fsp3) is 0.579. The number of benzene rings is 1. The van der Waals surface area contributed by atoms with Gasteiger partial charge in [0.05, 0.1) is 0 Å². The Balaban J connectivity index is 1.88. The molecule has 1 aliphatic rings. The van der Waals surface area contributed by atoms with Crippen LogP contribution in [0.3, 0.4) is 0 Å². The zero-order chi connectivity index (χ0) is 18.4. The number of carbonyl (C=O) groups is 2. The molecule has 0 aromatic heterocycles. The van der Waals surface area contributed by atoms with E-state index in [1.807, 2.05) is 6.07 Å². The number of piperidine rings is 1. The van der Waals surface area contributed by atoms with Crippen molar-refractivity contribution in [3.8, 4) is 0 Å². The highest BCUT2D eigenvalue weighted by Crippen LogP contribution is 2.19. The first-order valence-electron chi connectivity index (χ1n) is 8.80. The Kier molecular flexibility index (Phi) is 6.93. The van der Waals surface area contributed by atoms with E-state index < -0.39 is 0 Å². The van der Waals surface area contributed by atoms with Crippen LogP contribution in [0.2, 0.25) is 0 Å². The molecule has 6 heteroatoms. The molecule has 1 aromatic rings. The van der Waals surface area contributed by atoms with Gasteiger partial charge < -0.3 is 9.80 Å². The molecule has 1 heterocycles. The van der Waals surface area contributed by atoms with Gasteiger partial charge in [-0.1, -0.05) is 18.2 Å². The zero-order valence-electron chi connectivity index (χ0n) is 15.4. The lowest BCUT2D eigenvalue weighted by atomic mass is 10.0. The number of rotatable bonds is 6. The van der Waals surface area contributed by atoms with Gasteiger partial charge in [0.25, 0.3) is 0 Å². The van der Waals surface area contributed by atoms with Crippen LogP contribution in [0.15, 0.2) is 24.3 Å². The van der Waals surface area contributed by atoms with Crippen molar-refractivity contribution in [2.24, 2.45) is 0 Å². The van der Waals surface area contributed by atoms with Crippen LogP contribution in [-0.2, 0) is 16.1 Å². The molecule has 1 fully saturated rings. The van der Waals surface area contributed by atoms with E-state index in [9.17, 15) is 14.0 Å². The Morgan fingerprint density at radius 3 is 2.52 bits per heavy atom. The summed E-state index contributed by atoms with van der Waals surface area (Å²) in [5, 5.41) is 0. The summed E-state index contributed by atoms with van der Waals surface area (Å²) in [5.74, 6) is -0.226. The molecule has 0 spiro atoms. The Bertz CT molecular complexity index is 606. The largest absolute Gasteiger partial charge is 0.349 e. The fourth-order valence-corrected chi connectivity index (χ4v) is 3.18. The van der Waals surface area contributed by atoms with Crippen LogP contribution in [-0.4, -0.2) is 66.8 Å². The summed E-state index contributed by atoms with van der Waals surface area (Å²) < 4.78 is 13.8. The number of carbonyl (C=O) groups excluding carboxylic acids is 2. The van der Waals surface area contributed by atoms with E-state index in [0.29, 0.717) is 12.1 Å². The van der Waals surface area contributed by atoms with Crippen molar-refractivity contribution in [2.75, 3.05) is 34.2 Å². The number of likely N-dealkylation sites (tertiary alicyclic amines) is 1. The quantitative estimate of drug-likeness (QED) is 0.790. The van der Waals surface area contributed by atoms with E-state index in [0.717, 1.165) is 25.9 Å². The number of amides is 2. The third kappa shape index (κ3) is 5.53. The van der Waals surface area contributed by atoms with E-state index in [4.69, 9.17) is 0 Å². The van der Waals surface area contributed by atoms with Gasteiger partial charge in [-0.05, 0) is 25.5 Å². The Morgan fingerprint density at radius 1 is 1.16 bits per heavy atom. The maximum atomic E-state index is 13.8. The normalized spacial score (nSPS) is 18.0. The Hall–Kier alpha value is -1.95. The molecule has 1 saturated heterocycles. The van der Waals surface area contributed by atoms with Gasteiger partial charge in [0.2, 0.25) is 11.8 Å². The van der Waals surface area contributed by atoms with Crippen LogP contribution in [0.1, 0.15) is 31.2 Å². The highest BCUT2D eigenvalue weighted by atomic mass is 19.1. The number of halogens is 1. The molecule has 2 amide bonds. The third-order valence-electron chi connectivity index (χ3n) is 4.83. The van der Waals surface area contributed by atoms with E-state index >= 15 is 0 Å².